The van der Waals surface area contributed by atoms with Gasteiger partial charge in [0, 0.05) is 39.3 Å². The average molecular weight is 439 g/mol. The van der Waals surface area contributed by atoms with Crippen LogP contribution in [0.3, 0.4) is 0 Å². The molecule has 0 aliphatic heterocycles. The van der Waals surface area contributed by atoms with E-state index in [1.54, 1.807) is 24.0 Å². The Bertz CT molecular complexity index is 1040. The van der Waals surface area contributed by atoms with Crippen molar-refractivity contribution in [3.8, 4) is 0 Å². The van der Waals surface area contributed by atoms with Gasteiger partial charge in [0.25, 0.3) is 5.91 Å². The number of hydrogen-bond acceptors (Lipinski definition) is 4. The molecule has 1 N–H and O–H groups in total. The van der Waals surface area contributed by atoms with Crippen LogP contribution in [0, 0.1) is 0 Å². The first kappa shape index (κ1) is 17.8. The van der Waals surface area contributed by atoms with E-state index in [0.29, 0.717) is 11.4 Å². The molecule has 0 atom stereocenters. The number of pyridine rings is 2. The Hall–Kier alpha value is -2.64. The molecule has 134 valence electrons. The first-order chi connectivity index (χ1) is 13.2. The molecule has 0 fully saturated rings. The number of carbonyl (C=O) groups excluding carboxylic acids is 1. The fraction of sp³-hybridized carbons (Fsp3) is 0.0500. The molecule has 0 aliphatic carbocycles. The number of halogens is 1. The van der Waals surface area contributed by atoms with Crippen molar-refractivity contribution in [2.45, 2.75) is 10.6 Å². The van der Waals surface area contributed by atoms with Gasteiger partial charge in [-0.15, -0.1) is 11.8 Å². The molecule has 0 radical (unpaired) electrons. The van der Waals surface area contributed by atoms with Crippen LogP contribution in [0.2, 0.25) is 0 Å². The number of amides is 1. The number of hydrogen-bond donors (Lipinski definition) is 1. The number of imidazole rings is 1. The predicted octanol–water partition coefficient (Wildman–Crippen LogP) is 5.04. The molecule has 0 saturated carbocycles. The minimum atomic E-state index is -0.179. The molecular weight excluding hydrogens is 424 g/mol. The van der Waals surface area contributed by atoms with Gasteiger partial charge < -0.3 is 9.72 Å². The maximum absolute atomic E-state index is 12.3. The van der Waals surface area contributed by atoms with Gasteiger partial charge in [0.2, 0.25) is 0 Å². The van der Waals surface area contributed by atoms with E-state index in [4.69, 9.17) is 0 Å². The van der Waals surface area contributed by atoms with Gasteiger partial charge in [0.15, 0.2) is 0 Å². The summed E-state index contributed by atoms with van der Waals surface area (Å²) in [5.74, 6) is 1.12. The summed E-state index contributed by atoms with van der Waals surface area (Å²) in [5.41, 5.74) is 2.56. The van der Waals surface area contributed by atoms with Crippen LogP contribution in [0.5, 0.6) is 0 Å². The van der Waals surface area contributed by atoms with Gasteiger partial charge >= 0.3 is 0 Å². The average Bonchev–Trinajstić information content (AvgIpc) is 3.11. The fourth-order valence-electron chi connectivity index (χ4n) is 2.55. The Kier molecular flexibility index (Phi) is 5.22. The number of anilines is 1. The highest BCUT2D eigenvalue weighted by molar-refractivity contribution is 9.10. The number of benzene rings is 1. The van der Waals surface area contributed by atoms with Crippen molar-refractivity contribution in [2.75, 3.05) is 5.32 Å². The van der Waals surface area contributed by atoms with Crippen molar-refractivity contribution in [1.29, 1.82) is 0 Å². The normalized spacial score (nSPS) is 10.9. The molecule has 0 unspecified atom stereocenters. The van der Waals surface area contributed by atoms with Crippen LogP contribution in [0.1, 0.15) is 16.1 Å². The quantitative estimate of drug-likeness (QED) is 0.443. The Morgan fingerprint density at radius 2 is 1.96 bits per heavy atom. The van der Waals surface area contributed by atoms with Gasteiger partial charge in [-0.2, -0.15) is 0 Å². The van der Waals surface area contributed by atoms with Crippen molar-refractivity contribution in [1.82, 2.24) is 14.4 Å². The maximum atomic E-state index is 12.3. The molecule has 0 bridgehead atoms. The van der Waals surface area contributed by atoms with E-state index in [1.807, 2.05) is 65.3 Å². The highest BCUT2D eigenvalue weighted by Crippen LogP contribution is 2.23. The Balaban J connectivity index is 1.38. The molecule has 27 heavy (non-hydrogen) atoms. The third-order valence-corrected chi connectivity index (χ3v) is 5.40. The third kappa shape index (κ3) is 4.37. The summed E-state index contributed by atoms with van der Waals surface area (Å²) >= 11 is 5.01. The molecule has 4 aromatic rings. The predicted molar refractivity (Wildman–Crippen MR) is 111 cm³/mol. The number of carbonyl (C=O) groups is 1. The van der Waals surface area contributed by atoms with Gasteiger partial charge in [-0.25, -0.2) is 9.97 Å². The first-order valence-corrected chi connectivity index (χ1v) is 10.0. The molecule has 1 aromatic carbocycles. The van der Waals surface area contributed by atoms with Crippen molar-refractivity contribution in [2.24, 2.45) is 0 Å². The van der Waals surface area contributed by atoms with Crippen LogP contribution in [-0.2, 0) is 5.75 Å². The van der Waals surface area contributed by atoms with E-state index in [0.717, 1.165) is 26.5 Å². The van der Waals surface area contributed by atoms with E-state index in [2.05, 4.69) is 31.2 Å². The van der Waals surface area contributed by atoms with Crippen molar-refractivity contribution in [3.63, 3.8) is 0 Å². The second kappa shape index (κ2) is 7.94. The summed E-state index contributed by atoms with van der Waals surface area (Å²) in [6.07, 6.45) is 5.67. The lowest BCUT2D eigenvalue weighted by Gasteiger charge is -2.05. The van der Waals surface area contributed by atoms with E-state index in [9.17, 15) is 4.79 Å². The summed E-state index contributed by atoms with van der Waals surface area (Å²) in [4.78, 5) is 22.1. The lowest BCUT2D eigenvalue weighted by atomic mass is 10.2. The number of rotatable bonds is 5. The minimum Gasteiger partial charge on any atom is -0.307 e. The molecule has 0 spiro atoms. The maximum Gasteiger partial charge on any atom is 0.256 e. The molecule has 4 rings (SSSR count). The van der Waals surface area contributed by atoms with Crippen molar-refractivity contribution >= 4 is 45.1 Å². The van der Waals surface area contributed by atoms with Gasteiger partial charge in [-0.3, -0.25) is 4.79 Å². The lowest BCUT2D eigenvalue weighted by molar-refractivity contribution is 0.102. The van der Waals surface area contributed by atoms with Crippen LogP contribution in [0.15, 0.2) is 82.6 Å². The van der Waals surface area contributed by atoms with E-state index in [1.165, 1.54) is 0 Å². The highest BCUT2D eigenvalue weighted by Gasteiger charge is 2.08. The largest absolute Gasteiger partial charge is 0.307 e. The van der Waals surface area contributed by atoms with Crippen molar-refractivity contribution < 1.29 is 4.79 Å². The summed E-state index contributed by atoms with van der Waals surface area (Å²) in [6, 6.07) is 17.1. The number of nitrogens with zero attached hydrogens (tertiary/aromatic N) is 3. The molecule has 5 nitrogen and oxygen atoms in total. The van der Waals surface area contributed by atoms with Crippen LogP contribution in [0.25, 0.3) is 5.65 Å². The fourth-order valence-corrected chi connectivity index (χ4v) is 3.57. The van der Waals surface area contributed by atoms with E-state index >= 15 is 0 Å². The highest BCUT2D eigenvalue weighted by atomic mass is 79.9. The first-order valence-electron chi connectivity index (χ1n) is 8.26. The Labute approximate surface area is 169 Å². The molecule has 7 heteroatoms. The number of thioether (sulfide) groups is 1. The van der Waals surface area contributed by atoms with Gasteiger partial charge in [-0.05, 0) is 64.5 Å². The summed E-state index contributed by atoms with van der Waals surface area (Å²) in [5, 5.41) is 2.79. The molecular formula is C20H15BrN4OS. The van der Waals surface area contributed by atoms with E-state index in [-0.39, 0.29) is 5.91 Å². The van der Waals surface area contributed by atoms with Gasteiger partial charge in [0.05, 0.1) is 5.69 Å². The van der Waals surface area contributed by atoms with Crippen LogP contribution < -0.4 is 5.32 Å². The summed E-state index contributed by atoms with van der Waals surface area (Å²) in [7, 11) is 0. The van der Waals surface area contributed by atoms with Crippen LogP contribution in [0.4, 0.5) is 5.82 Å². The summed E-state index contributed by atoms with van der Waals surface area (Å²) in [6.45, 7) is 0. The lowest BCUT2D eigenvalue weighted by Crippen LogP contribution is -2.12. The molecule has 3 heterocycles. The minimum absolute atomic E-state index is 0.179. The third-order valence-electron chi connectivity index (χ3n) is 3.89. The topological polar surface area (TPSA) is 59.3 Å². The molecule has 0 saturated heterocycles. The van der Waals surface area contributed by atoms with Crippen molar-refractivity contribution in [3.05, 3.63) is 88.9 Å². The Morgan fingerprint density at radius 3 is 2.70 bits per heavy atom. The second-order valence-corrected chi connectivity index (χ2v) is 7.79. The standard InChI is InChI=1S/C20H15BrN4OS/c21-15-6-9-18(22-11-15)24-20(26)14-4-7-17(8-5-14)27-13-16-12-25-10-2-1-3-19(25)23-16/h1-12H,13H2,(H,22,24,26). The SMILES string of the molecule is O=C(Nc1ccc(Br)cn1)c1ccc(SCc2cn3ccccc3n2)cc1. The zero-order valence-electron chi connectivity index (χ0n) is 14.2. The summed E-state index contributed by atoms with van der Waals surface area (Å²) < 4.78 is 2.88. The van der Waals surface area contributed by atoms with E-state index < -0.39 is 0 Å². The monoisotopic (exact) mass is 438 g/mol. The smallest absolute Gasteiger partial charge is 0.256 e. The number of fused-ring (bicyclic) bond motifs is 1. The van der Waals surface area contributed by atoms with Gasteiger partial charge in [-0.1, -0.05) is 6.07 Å². The Morgan fingerprint density at radius 1 is 1.11 bits per heavy atom. The zero-order valence-corrected chi connectivity index (χ0v) is 16.6. The zero-order chi connectivity index (χ0) is 18.6. The molecule has 3 aromatic heterocycles. The van der Waals surface area contributed by atoms with Crippen LogP contribution in [-0.4, -0.2) is 20.3 Å². The van der Waals surface area contributed by atoms with Crippen LogP contribution >= 0.6 is 27.7 Å². The number of nitrogens with one attached hydrogen (secondary N) is 1. The molecule has 0 aliphatic rings. The second-order valence-electron chi connectivity index (χ2n) is 5.83. The molecule has 1 amide bonds. The van der Waals surface area contributed by atoms with Gasteiger partial charge in [0.1, 0.15) is 11.5 Å². The number of aromatic nitrogens is 3.